The van der Waals surface area contributed by atoms with Crippen LogP contribution in [0.15, 0.2) is 44.4 Å². The van der Waals surface area contributed by atoms with E-state index in [1.54, 1.807) is 6.07 Å². The number of hydrogen-bond donors (Lipinski definition) is 0. The highest BCUT2D eigenvalue weighted by Crippen LogP contribution is 2.24. The summed E-state index contributed by atoms with van der Waals surface area (Å²) in [5.74, 6) is 0. The Balaban J connectivity index is 2.99. The second-order valence-electron chi connectivity index (χ2n) is 2.87. The molecular formula is C9H5ClO4S. The van der Waals surface area contributed by atoms with Crippen molar-refractivity contribution in [3.8, 4) is 0 Å². The Morgan fingerprint density at radius 1 is 1.13 bits per heavy atom. The maximum absolute atomic E-state index is 11.2. The number of rotatable bonds is 1. The van der Waals surface area contributed by atoms with Crippen molar-refractivity contribution in [2.75, 3.05) is 0 Å². The third kappa shape index (κ3) is 1.88. The first-order chi connectivity index (χ1) is 6.98. The van der Waals surface area contributed by atoms with Gasteiger partial charge < -0.3 is 4.42 Å². The van der Waals surface area contributed by atoms with Crippen LogP contribution < -0.4 is 5.63 Å². The molecule has 0 bridgehead atoms. The molecule has 0 spiro atoms. The molecule has 0 aliphatic heterocycles. The molecule has 0 unspecified atom stereocenters. The second kappa shape index (κ2) is 3.36. The summed E-state index contributed by atoms with van der Waals surface area (Å²) in [7, 11) is 1.29. The molecule has 1 heterocycles. The monoisotopic (exact) mass is 244 g/mol. The summed E-state index contributed by atoms with van der Waals surface area (Å²) in [4.78, 5) is 10.8. The van der Waals surface area contributed by atoms with Crippen LogP contribution in [0.25, 0.3) is 11.0 Å². The van der Waals surface area contributed by atoms with Gasteiger partial charge in [0, 0.05) is 22.1 Å². The molecule has 78 valence electrons. The summed E-state index contributed by atoms with van der Waals surface area (Å²) >= 11 is 0. The van der Waals surface area contributed by atoms with E-state index in [2.05, 4.69) is 0 Å². The highest BCUT2D eigenvalue weighted by Gasteiger charge is 2.15. The third-order valence-electron chi connectivity index (χ3n) is 1.87. The molecule has 0 aliphatic rings. The summed E-state index contributed by atoms with van der Waals surface area (Å²) in [6.45, 7) is 0. The van der Waals surface area contributed by atoms with Gasteiger partial charge in [-0.1, -0.05) is 12.1 Å². The molecule has 0 amide bonds. The van der Waals surface area contributed by atoms with Crippen molar-refractivity contribution in [1.29, 1.82) is 0 Å². The van der Waals surface area contributed by atoms with E-state index < -0.39 is 14.7 Å². The predicted molar refractivity (Wildman–Crippen MR) is 55.5 cm³/mol. The van der Waals surface area contributed by atoms with Gasteiger partial charge in [-0.2, -0.15) is 0 Å². The lowest BCUT2D eigenvalue weighted by Crippen LogP contribution is -1.98. The van der Waals surface area contributed by atoms with Crippen molar-refractivity contribution >= 4 is 30.7 Å². The quantitative estimate of drug-likeness (QED) is 0.566. The molecule has 0 saturated carbocycles. The van der Waals surface area contributed by atoms with Crippen molar-refractivity contribution in [3.63, 3.8) is 0 Å². The molecule has 2 aromatic rings. The summed E-state index contributed by atoms with van der Waals surface area (Å²) < 4.78 is 27.1. The van der Waals surface area contributed by atoms with Crippen molar-refractivity contribution in [3.05, 3.63) is 40.8 Å². The van der Waals surface area contributed by atoms with E-state index in [4.69, 9.17) is 15.1 Å². The highest BCUT2D eigenvalue weighted by molar-refractivity contribution is 8.13. The molecule has 0 radical (unpaired) electrons. The fourth-order valence-electron chi connectivity index (χ4n) is 1.26. The van der Waals surface area contributed by atoms with Crippen molar-refractivity contribution < 1.29 is 12.8 Å². The minimum atomic E-state index is -3.91. The van der Waals surface area contributed by atoms with Crippen LogP contribution in [0.3, 0.4) is 0 Å². The molecule has 2 rings (SSSR count). The van der Waals surface area contributed by atoms with Gasteiger partial charge >= 0.3 is 5.63 Å². The number of para-hydroxylation sites is 1. The second-order valence-corrected chi connectivity index (χ2v) is 5.40. The molecule has 0 N–H and O–H groups in total. The minimum Gasteiger partial charge on any atom is -0.421 e. The van der Waals surface area contributed by atoms with Gasteiger partial charge in [0.2, 0.25) is 0 Å². The van der Waals surface area contributed by atoms with Crippen LogP contribution in [-0.4, -0.2) is 8.42 Å². The van der Waals surface area contributed by atoms with Crippen LogP contribution >= 0.6 is 10.7 Å². The zero-order valence-corrected chi connectivity index (χ0v) is 8.88. The number of halogens is 1. The molecule has 6 heteroatoms. The zero-order valence-electron chi connectivity index (χ0n) is 7.31. The smallest absolute Gasteiger partial charge is 0.336 e. The van der Waals surface area contributed by atoms with Crippen LogP contribution in [-0.2, 0) is 9.05 Å². The molecule has 1 aromatic carbocycles. The molecule has 15 heavy (non-hydrogen) atoms. The van der Waals surface area contributed by atoms with Crippen LogP contribution in [0.1, 0.15) is 0 Å². The van der Waals surface area contributed by atoms with Gasteiger partial charge in [0.25, 0.3) is 9.05 Å². The molecule has 0 atom stereocenters. The number of benzene rings is 1. The normalized spacial score (nSPS) is 11.8. The first-order valence-electron chi connectivity index (χ1n) is 3.96. The van der Waals surface area contributed by atoms with Crippen LogP contribution in [0.2, 0.25) is 0 Å². The lowest BCUT2D eigenvalue weighted by Gasteiger charge is -2.00. The Kier molecular flexibility index (Phi) is 2.28. The maximum atomic E-state index is 11.2. The van der Waals surface area contributed by atoms with Gasteiger partial charge in [0.1, 0.15) is 4.90 Å². The Morgan fingerprint density at radius 3 is 2.53 bits per heavy atom. The van der Waals surface area contributed by atoms with Crippen molar-refractivity contribution in [1.82, 2.24) is 0 Å². The zero-order chi connectivity index (χ0) is 11.1. The SMILES string of the molecule is O=c1ccc2cccc(S(=O)(=O)Cl)c2o1. The van der Waals surface area contributed by atoms with Gasteiger partial charge in [-0.25, -0.2) is 13.2 Å². The van der Waals surface area contributed by atoms with Gasteiger partial charge in [0.05, 0.1) is 0 Å². The average molecular weight is 245 g/mol. The minimum absolute atomic E-state index is 0.0139. The van der Waals surface area contributed by atoms with E-state index in [0.29, 0.717) is 5.39 Å². The molecule has 0 fully saturated rings. The predicted octanol–water partition coefficient (Wildman–Crippen LogP) is 1.72. The summed E-state index contributed by atoms with van der Waals surface area (Å²) in [6.07, 6.45) is 0. The summed E-state index contributed by atoms with van der Waals surface area (Å²) in [5.41, 5.74) is -0.629. The molecule has 4 nitrogen and oxygen atoms in total. The van der Waals surface area contributed by atoms with Gasteiger partial charge in [-0.15, -0.1) is 0 Å². The first-order valence-corrected chi connectivity index (χ1v) is 6.27. The topological polar surface area (TPSA) is 64.3 Å². The van der Waals surface area contributed by atoms with Gasteiger partial charge in [-0.3, -0.25) is 0 Å². The highest BCUT2D eigenvalue weighted by atomic mass is 35.7. The Hall–Kier alpha value is -1.33. The largest absolute Gasteiger partial charge is 0.421 e. The Labute approximate surface area is 89.5 Å². The van der Waals surface area contributed by atoms with E-state index in [-0.39, 0.29) is 10.5 Å². The van der Waals surface area contributed by atoms with Crippen LogP contribution in [0.5, 0.6) is 0 Å². The van der Waals surface area contributed by atoms with Crippen LogP contribution in [0.4, 0.5) is 0 Å². The fraction of sp³-hybridized carbons (Fsp3) is 0. The lowest BCUT2D eigenvalue weighted by molar-refractivity contribution is 0.550. The van der Waals surface area contributed by atoms with E-state index in [1.807, 2.05) is 0 Å². The maximum Gasteiger partial charge on any atom is 0.336 e. The molecular weight excluding hydrogens is 240 g/mol. The van der Waals surface area contributed by atoms with Gasteiger partial charge in [-0.05, 0) is 12.1 Å². The van der Waals surface area contributed by atoms with Gasteiger partial charge in [0.15, 0.2) is 5.58 Å². The van der Waals surface area contributed by atoms with E-state index in [9.17, 15) is 13.2 Å². The summed E-state index contributed by atoms with van der Waals surface area (Å²) in [6, 6.07) is 7.13. The van der Waals surface area contributed by atoms with E-state index in [0.717, 1.165) is 0 Å². The standard InChI is InChI=1S/C9H5ClO4S/c10-15(12,13)7-3-1-2-6-4-5-8(11)14-9(6)7/h1-5H. The lowest BCUT2D eigenvalue weighted by atomic mass is 10.2. The summed E-state index contributed by atoms with van der Waals surface area (Å²) in [5, 5.41) is 0.510. The molecule has 1 aromatic heterocycles. The van der Waals surface area contributed by atoms with Crippen LogP contribution in [0, 0.1) is 0 Å². The number of fused-ring (bicyclic) bond motifs is 1. The van der Waals surface area contributed by atoms with Crippen molar-refractivity contribution in [2.45, 2.75) is 4.90 Å². The molecule has 0 saturated heterocycles. The fourth-order valence-corrected chi connectivity index (χ4v) is 2.24. The third-order valence-corrected chi connectivity index (χ3v) is 3.22. The molecule has 0 aliphatic carbocycles. The Bertz CT molecular complexity index is 672. The van der Waals surface area contributed by atoms with E-state index >= 15 is 0 Å². The number of hydrogen-bond acceptors (Lipinski definition) is 4. The first kappa shape index (κ1) is 10.2. The van der Waals surface area contributed by atoms with Crippen molar-refractivity contribution in [2.24, 2.45) is 0 Å². The average Bonchev–Trinajstić information content (AvgIpc) is 2.15. The van der Waals surface area contributed by atoms with E-state index in [1.165, 1.54) is 24.3 Å². The Morgan fingerprint density at radius 2 is 1.87 bits per heavy atom.